The van der Waals surface area contributed by atoms with E-state index in [1.807, 2.05) is 13.8 Å². The Balaban J connectivity index is 1.68. The summed E-state index contributed by atoms with van der Waals surface area (Å²) in [5.74, 6) is -1.49. The number of rotatable bonds is 3. The molecule has 3 fully saturated rings. The van der Waals surface area contributed by atoms with Gasteiger partial charge in [0, 0.05) is 11.5 Å². The Kier molecular flexibility index (Phi) is 3.33. The van der Waals surface area contributed by atoms with Crippen LogP contribution in [0.25, 0.3) is 10.8 Å². The largest absolute Gasteiger partial charge is 0.367 e. The molecule has 3 aliphatic heterocycles. The lowest BCUT2D eigenvalue weighted by Crippen LogP contribution is -2.41. The number of fused-ring (bicyclic) bond motifs is 6. The van der Waals surface area contributed by atoms with Gasteiger partial charge >= 0.3 is 0 Å². The molecule has 0 aliphatic carbocycles. The molecule has 3 aliphatic rings. The first-order chi connectivity index (χ1) is 13.3. The molecule has 2 bridgehead atoms. The molecule has 3 heterocycles. The lowest BCUT2D eigenvalue weighted by Gasteiger charge is -2.29. The molecular weight excluding hydrogens is 360 g/mol. The average Bonchev–Trinajstić information content (AvgIpc) is 3.26. The Labute approximate surface area is 161 Å². The first-order valence-electron chi connectivity index (χ1n) is 9.57. The lowest BCUT2D eigenvalue weighted by atomic mass is 9.67. The fourth-order valence-electron chi connectivity index (χ4n) is 5.61. The topological polar surface area (TPSA) is 89.8 Å². The van der Waals surface area contributed by atoms with Crippen molar-refractivity contribution in [2.75, 3.05) is 4.90 Å². The SMILES string of the molecule is CCC12CCC(C)(O1)[C@H]1C(=O)N(c3ccc([N+](=O)[O-])c4ccccc34)C(=O)[C@H]12. The highest BCUT2D eigenvalue weighted by Gasteiger charge is 2.73. The normalized spacial score (nSPS) is 33.7. The minimum absolute atomic E-state index is 0.0426. The number of anilines is 1. The summed E-state index contributed by atoms with van der Waals surface area (Å²) >= 11 is 0. The predicted molar refractivity (Wildman–Crippen MR) is 102 cm³/mol. The summed E-state index contributed by atoms with van der Waals surface area (Å²) in [4.78, 5) is 39.0. The number of imide groups is 1. The van der Waals surface area contributed by atoms with E-state index < -0.39 is 28.0 Å². The number of nitro groups is 1. The van der Waals surface area contributed by atoms with Crippen LogP contribution in [-0.2, 0) is 14.3 Å². The monoisotopic (exact) mass is 380 g/mol. The van der Waals surface area contributed by atoms with Crippen molar-refractivity contribution in [1.29, 1.82) is 0 Å². The molecule has 2 unspecified atom stereocenters. The van der Waals surface area contributed by atoms with Crippen molar-refractivity contribution in [3.8, 4) is 0 Å². The Morgan fingerprint density at radius 2 is 1.79 bits per heavy atom. The Morgan fingerprint density at radius 3 is 2.46 bits per heavy atom. The maximum atomic E-state index is 13.4. The highest BCUT2D eigenvalue weighted by molar-refractivity contribution is 6.26. The molecule has 2 amide bonds. The summed E-state index contributed by atoms with van der Waals surface area (Å²) < 4.78 is 6.27. The van der Waals surface area contributed by atoms with Crippen LogP contribution < -0.4 is 4.90 Å². The van der Waals surface area contributed by atoms with Crippen molar-refractivity contribution >= 4 is 34.0 Å². The molecule has 4 atom stereocenters. The minimum atomic E-state index is -0.626. The van der Waals surface area contributed by atoms with Crippen LogP contribution in [0.2, 0.25) is 0 Å². The van der Waals surface area contributed by atoms with Gasteiger partial charge < -0.3 is 4.74 Å². The second-order valence-electron chi connectivity index (χ2n) is 8.21. The summed E-state index contributed by atoms with van der Waals surface area (Å²) in [6.07, 6.45) is 2.21. The van der Waals surface area contributed by atoms with Crippen molar-refractivity contribution < 1.29 is 19.2 Å². The number of hydrogen-bond donors (Lipinski definition) is 0. The van der Waals surface area contributed by atoms with E-state index in [2.05, 4.69) is 0 Å². The van der Waals surface area contributed by atoms with Gasteiger partial charge in [0.15, 0.2) is 0 Å². The maximum Gasteiger partial charge on any atom is 0.277 e. The number of amides is 2. The smallest absolute Gasteiger partial charge is 0.277 e. The molecule has 5 rings (SSSR count). The van der Waals surface area contributed by atoms with Gasteiger partial charge in [0.05, 0.1) is 39.0 Å². The zero-order valence-electron chi connectivity index (χ0n) is 15.7. The van der Waals surface area contributed by atoms with Crippen molar-refractivity contribution in [3.05, 3.63) is 46.5 Å². The molecule has 3 saturated heterocycles. The van der Waals surface area contributed by atoms with Gasteiger partial charge in [-0.1, -0.05) is 25.1 Å². The Bertz CT molecular complexity index is 1070. The Hall–Kier alpha value is -2.80. The van der Waals surface area contributed by atoms with Crippen LogP contribution in [0.4, 0.5) is 11.4 Å². The zero-order chi connectivity index (χ0) is 19.8. The number of benzene rings is 2. The van der Waals surface area contributed by atoms with E-state index >= 15 is 0 Å². The summed E-state index contributed by atoms with van der Waals surface area (Å²) in [5.41, 5.74) is -0.838. The van der Waals surface area contributed by atoms with Crippen LogP contribution in [0, 0.1) is 22.0 Å². The van der Waals surface area contributed by atoms with Gasteiger partial charge in [0.2, 0.25) is 11.8 Å². The van der Waals surface area contributed by atoms with E-state index in [0.29, 0.717) is 22.9 Å². The molecule has 0 aromatic heterocycles. The van der Waals surface area contributed by atoms with Gasteiger partial charge in [-0.25, -0.2) is 4.90 Å². The number of carbonyl (C=O) groups excluding carboxylic acids is 2. The number of nitro benzene ring substituents is 1. The fourth-order valence-corrected chi connectivity index (χ4v) is 5.61. The molecule has 0 radical (unpaired) electrons. The van der Waals surface area contributed by atoms with Crippen molar-refractivity contribution in [1.82, 2.24) is 0 Å². The first kappa shape index (κ1) is 17.3. The minimum Gasteiger partial charge on any atom is -0.367 e. The van der Waals surface area contributed by atoms with Crippen molar-refractivity contribution in [2.45, 2.75) is 44.3 Å². The van der Waals surface area contributed by atoms with Crippen molar-refractivity contribution in [2.24, 2.45) is 11.8 Å². The highest BCUT2D eigenvalue weighted by atomic mass is 16.6. The number of non-ortho nitro benzene ring substituents is 1. The Morgan fingerprint density at radius 1 is 1.11 bits per heavy atom. The third kappa shape index (κ3) is 1.92. The van der Waals surface area contributed by atoms with Gasteiger partial charge in [-0.05, 0) is 38.3 Å². The standard InChI is InChI=1S/C21H20N2O5/c1-3-21-11-10-20(2,28-21)16-17(21)19(25)22(18(16)24)14-8-9-15(23(26)27)13-7-5-4-6-12(13)14/h4-9,16-17H,3,10-11H2,1-2H3/t16-,17+,20?,21?/m1/s1. The number of ether oxygens (including phenoxy) is 1. The quantitative estimate of drug-likeness (QED) is 0.461. The van der Waals surface area contributed by atoms with Crippen LogP contribution in [-0.4, -0.2) is 27.9 Å². The average molecular weight is 380 g/mol. The predicted octanol–water partition coefficient (Wildman–Crippen LogP) is 3.59. The molecule has 7 heteroatoms. The molecule has 0 saturated carbocycles. The number of carbonyl (C=O) groups is 2. The molecule has 0 N–H and O–H groups in total. The van der Waals surface area contributed by atoms with E-state index in [1.165, 1.54) is 17.0 Å². The number of hydrogen-bond acceptors (Lipinski definition) is 5. The van der Waals surface area contributed by atoms with E-state index in [1.54, 1.807) is 24.3 Å². The van der Waals surface area contributed by atoms with Gasteiger partial charge in [-0.3, -0.25) is 19.7 Å². The summed E-state index contributed by atoms with van der Waals surface area (Å²) in [6, 6.07) is 9.71. The molecule has 28 heavy (non-hydrogen) atoms. The second kappa shape index (κ2) is 5.38. The second-order valence-corrected chi connectivity index (χ2v) is 8.21. The molecule has 7 nitrogen and oxygen atoms in total. The third-order valence-corrected chi connectivity index (χ3v) is 6.93. The first-order valence-corrected chi connectivity index (χ1v) is 9.57. The van der Waals surface area contributed by atoms with Gasteiger partial charge in [-0.2, -0.15) is 0 Å². The molecule has 2 aromatic carbocycles. The van der Waals surface area contributed by atoms with Crippen molar-refractivity contribution in [3.63, 3.8) is 0 Å². The van der Waals surface area contributed by atoms with E-state index in [-0.39, 0.29) is 17.5 Å². The fraction of sp³-hybridized carbons (Fsp3) is 0.429. The van der Waals surface area contributed by atoms with Crippen LogP contribution >= 0.6 is 0 Å². The lowest BCUT2D eigenvalue weighted by molar-refractivity contribution is -0.383. The highest BCUT2D eigenvalue weighted by Crippen LogP contribution is 2.62. The van der Waals surface area contributed by atoms with E-state index in [9.17, 15) is 19.7 Å². The van der Waals surface area contributed by atoms with Crippen LogP contribution in [0.1, 0.15) is 33.1 Å². The number of nitrogens with zero attached hydrogens (tertiary/aromatic N) is 2. The van der Waals surface area contributed by atoms with Gasteiger partial charge in [0.25, 0.3) is 5.69 Å². The molecule has 2 aromatic rings. The molecular formula is C21H20N2O5. The van der Waals surface area contributed by atoms with E-state index in [0.717, 1.165) is 12.8 Å². The van der Waals surface area contributed by atoms with E-state index in [4.69, 9.17) is 4.74 Å². The van der Waals surface area contributed by atoms with Gasteiger partial charge in [0.1, 0.15) is 0 Å². The molecule has 0 spiro atoms. The molecule has 144 valence electrons. The summed E-state index contributed by atoms with van der Waals surface area (Å²) in [5, 5.41) is 12.3. The summed E-state index contributed by atoms with van der Waals surface area (Å²) in [7, 11) is 0. The third-order valence-electron chi connectivity index (χ3n) is 6.93. The summed E-state index contributed by atoms with van der Waals surface area (Å²) in [6.45, 7) is 3.92. The van der Waals surface area contributed by atoms with Crippen LogP contribution in [0.15, 0.2) is 36.4 Å². The van der Waals surface area contributed by atoms with Gasteiger partial charge in [-0.15, -0.1) is 0 Å². The zero-order valence-corrected chi connectivity index (χ0v) is 15.7. The van der Waals surface area contributed by atoms with Crippen LogP contribution in [0.3, 0.4) is 0 Å². The maximum absolute atomic E-state index is 13.4. The van der Waals surface area contributed by atoms with Crippen LogP contribution in [0.5, 0.6) is 0 Å².